The number of nitrogens with zero attached hydrogens (tertiary/aromatic N) is 1. The molecule has 1 saturated heterocycles. The normalized spacial score (nSPS) is 15.8. The highest BCUT2D eigenvalue weighted by molar-refractivity contribution is 7.89. The molecule has 0 unspecified atom stereocenters. The van der Waals surface area contributed by atoms with Gasteiger partial charge in [-0.1, -0.05) is 36.4 Å². The van der Waals surface area contributed by atoms with Crippen LogP contribution in [0.3, 0.4) is 0 Å². The summed E-state index contributed by atoms with van der Waals surface area (Å²) in [4.78, 5) is 14.6. The summed E-state index contributed by atoms with van der Waals surface area (Å²) in [6.45, 7) is 5.11. The van der Waals surface area contributed by atoms with Gasteiger partial charge < -0.3 is 4.90 Å². The molecule has 0 bridgehead atoms. The lowest BCUT2D eigenvalue weighted by molar-refractivity contribution is 0.0792. The van der Waals surface area contributed by atoms with Gasteiger partial charge in [0.1, 0.15) is 0 Å². The number of benzene rings is 2. The van der Waals surface area contributed by atoms with E-state index in [1.54, 1.807) is 24.0 Å². The first kappa shape index (κ1) is 18.6. The molecule has 2 aromatic rings. The summed E-state index contributed by atoms with van der Waals surface area (Å²) in [5.74, 6) is -0.0897. The Morgan fingerprint density at radius 3 is 2.38 bits per heavy atom. The predicted molar refractivity (Wildman–Crippen MR) is 101 cm³/mol. The van der Waals surface area contributed by atoms with Crippen LogP contribution in [0.5, 0.6) is 0 Å². The zero-order valence-corrected chi connectivity index (χ0v) is 15.9. The van der Waals surface area contributed by atoms with Gasteiger partial charge in [0.25, 0.3) is 5.91 Å². The summed E-state index contributed by atoms with van der Waals surface area (Å²) >= 11 is 0. The molecule has 1 heterocycles. The van der Waals surface area contributed by atoms with Crippen molar-refractivity contribution in [3.63, 3.8) is 0 Å². The number of carbonyl (C=O) groups excluding carboxylic acids is 1. The third-order valence-corrected chi connectivity index (χ3v) is 6.31. The van der Waals surface area contributed by atoms with Crippen molar-refractivity contribution in [2.75, 3.05) is 13.1 Å². The minimum absolute atomic E-state index is 0.0897. The summed E-state index contributed by atoms with van der Waals surface area (Å²) in [7, 11) is -3.72. The molecule has 1 aliphatic heterocycles. The van der Waals surface area contributed by atoms with Crippen LogP contribution in [-0.2, 0) is 10.0 Å². The SMILES string of the molecule is Cc1ccc(S(=O)(=O)N[C@H](C)c2ccccc2)cc1C(=O)N1CCCC1. The summed E-state index contributed by atoms with van der Waals surface area (Å²) < 4.78 is 28.3. The van der Waals surface area contributed by atoms with E-state index in [0.717, 1.165) is 37.1 Å². The molecule has 5 nitrogen and oxygen atoms in total. The second-order valence-electron chi connectivity index (χ2n) is 6.73. The number of carbonyl (C=O) groups is 1. The standard InChI is InChI=1S/C20H24N2O3S/c1-15-10-11-18(14-19(15)20(23)22-12-6-7-13-22)26(24,25)21-16(2)17-8-4-3-5-9-17/h3-5,8-11,14,16,21H,6-7,12-13H2,1-2H3/t16-/m1/s1. The minimum Gasteiger partial charge on any atom is -0.339 e. The molecule has 6 heteroatoms. The second-order valence-corrected chi connectivity index (χ2v) is 8.44. The van der Waals surface area contributed by atoms with Crippen LogP contribution in [0.4, 0.5) is 0 Å². The summed E-state index contributed by atoms with van der Waals surface area (Å²) in [5, 5.41) is 0. The molecular weight excluding hydrogens is 348 g/mol. The van der Waals surface area contributed by atoms with Crippen LogP contribution >= 0.6 is 0 Å². The molecule has 2 aromatic carbocycles. The maximum absolute atomic E-state index is 12.8. The maximum Gasteiger partial charge on any atom is 0.254 e. The van der Waals surface area contributed by atoms with Gasteiger partial charge in [0, 0.05) is 24.7 Å². The van der Waals surface area contributed by atoms with Crippen molar-refractivity contribution in [1.82, 2.24) is 9.62 Å². The van der Waals surface area contributed by atoms with Crippen molar-refractivity contribution in [3.8, 4) is 0 Å². The number of hydrogen-bond acceptors (Lipinski definition) is 3. The van der Waals surface area contributed by atoms with Crippen LogP contribution in [-0.4, -0.2) is 32.3 Å². The monoisotopic (exact) mass is 372 g/mol. The van der Waals surface area contributed by atoms with Gasteiger partial charge in [-0.2, -0.15) is 0 Å². The lowest BCUT2D eigenvalue weighted by Gasteiger charge is -2.18. The van der Waals surface area contributed by atoms with Crippen LogP contribution in [0.2, 0.25) is 0 Å². The van der Waals surface area contributed by atoms with Crippen LogP contribution in [0.25, 0.3) is 0 Å². The minimum atomic E-state index is -3.72. The summed E-state index contributed by atoms with van der Waals surface area (Å²) in [6, 6.07) is 13.8. The molecule has 1 atom stereocenters. The smallest absolute Gasteiger partial charge is 0.254 e. The van der Waals surface area contributed by atoms with Gasteiger partial charge in [0.05, 0.1) is 4.90 Å². The average Bonchev–Trinajstić information content (AvgIpc) is 3.16. The number of likely N-dealkylation sites (tertiary alicyclic amines) is 1. The highest BCUT2D eigenvalue weighted by Crippen LogP contribution is 2.22. The van der Waals surface area contributed by atoms with Gasteiger partial charge in [-0.25, -0.2) is 13.1 Å². The number of aryl methyl sites for hydroxylation is 1. The van der Waals surface area contributed by atoms with E-state index in [1.807, 2.05) is 37.3 Å². The van der Waals surface area contributed by atoms with Gasteiger partial charge >= 0.3 is 0 Å². The average molecular weight is 372 g/mol. The molecule has 1 N–H and O–H groups in total. The van der Waals surface area contributed by atoms with Crippen LogP contribution in [0.1, 0.15) is 47.3 Å². The molecule has 1 aliphatic rings. The lowest BCUT2D eigenvalue weighted by atomic mass is 10.1. The van der Waals surface area contributed by atoms with E-state index in [9.17, 15) is 13.2 Å². The van der Waals surface area contributed by atoms with Crippen LogP contribution < -0.4 is 4.72 Å². The van der Waals surface area contributed by atoms with Gasteiger partial charge in [-0.3, -0.25) is 4.79 Å². The zero-order valence-electron chi connectivity index (χ0n) is 15.1. The predicted octanol–water partition coefficient (Wildman–Crippen LogP) is 3.27. The molecule has 1 fully saturated rings. The number of nitrogens with one attached hydrogen (secondary N) is 1. The molecule has 0 spiro atoms. The summed E-state index contributed by atoms with van der Waals surface area (Å²) in [5.41, 5.74) is 2.13. The van der Waals surface area contributed by atoms with E-state index in [0.29, 0.717) is 5.56 Å². The third-order valence-electron chi connectivity index (χ3n) is 4.77. The Labute approximate surface area is 155 Å². The Balaban J connectivity index is 1.86. The highest BCUT2D eigenvalue weighted by atomic mass is 32.2. The van der Waals surface area contributed by atoms with Gasteiger partial charge in [-0.15, -0.1) is 0 Å². The van der Waals surface area contributed by atoms with Crippen molar-refractivity contribution < 1.29 is 13.2 Å². The lowest BCUT2D eigenvalue weighted by Crippen LogP contribution is -2.30. The fourth-order valence-electron chi connectivity index (χ4n) is 3.20. The molecule has 0 saturated carbocycles. The third kappa shape index (κ3) is 3.97. The molecule has 138 valence electrons. The molecule has 3 rings (SSSR count). The van der Waals surface area contributed by atoms with Crippen molar-refractivity contribution in [1.29, 1.82) is 0 Å². The molecular formula is C20H24N2O3S. The number of amides is 1. The van der Waals surface area contributed by atoms with Crippen molar-refractivity contribution >= 4 is 15.9 Å². The topological polar surface area (TPSA) is 66.5 Å². The van der Waals surface area contributed by atoms with Gasteiger partial charge in [-0.05, 0) is 49.9 Å². The molecule has 0 aliphatic carbocycles. The largest absolute Gasteiger partial charge is 0.339 e. The van der Waals surface area contributed by atoms with E-state index < -0.39 is 10.0 Å². The summed E-state index contributed by atoms with van der Waals surface area (Å²) in [6.07, 6.45) is 2.00. The van der Waals surface area contributed by atoms with E-state index in [1.165, 1.54) is 6.07 Å². The Morgan fingerprint density at radius 2 is 1.73 bits per heavy atom. The molecule has 0 aromatic heterocycles. The van der Waals surface area contributed by atoms with Gasteiger partial charge in [0.2, 0.25) is 10.0 Å². The molecule has 26 heavy (non-hydrogen) atoms. The molecule has 0 radical (unpaired) electrons. The Hall–Kier alpha value is -2.18. The van der Waals surface area contributed by atoms with E-state index >= 15 is 0 Å². The Kier molecular flexibility index (Phi) is 5.44. The molecule has 1 amide bonds. The van der Waals surface area contributed by atoms with Crippen molar-refractivity contribution in [2.24, 2.45) is 0 Å². The van der Waals surface area contributed by atoms with Gasteiger partial charge in [0.15, 0.2) is 0 Å². The van der Waals surface area contributed by atoms with E-state index in [-0.39, 0.29) is 16.8 Å². The van der Waals surface area contributed by atoms with Crippen molar-refractivity contribution in [3.05, 3.63) is 65.2 Å². The fraction of sp³-hybridized carbons (Fsp3) is 0.350. The second kappa shape index (κ2) is 7.60. The Morgan fingerprint density at radius 1 is 1.08 bits per heavy atom. The number of rotatable bonds is 5. The quantitative estimate of drug-likeness (QED) is 0.876. The number of hydrogen-bond donors (Lipinski definition) is 1. The maximum atomic E-state index is 12.8. The van der Waals surface area contributed by atoms with Crippen molar-refractivity contribution in [2.45, 2.75) is 37.6 Å². The highest BCUT2D eigenvalue weighted by Gasteiger charge is 2.24. The van der Waals surface area contributed by atoms with E-state index in [2.05, 4.69) is 4.72 Å². The Bertz CT molecular complexity index is 889. The van der Waals surface area contributed by atoms with Crippen LogP contribution in [0, 0.1) is 6.92 Å². The van der Waals surface area contributed by atoms with Crippen LogP contribution in [0.15, 0.2) is 53.4 Å². The first-order valence-electron chi connectivity index (χ1n) is 8.86. The zero-order chi connectivity index (χ0) is 18.7. The van der Waals surface area contributed by atoms with E-state index in [4.69, 9.17) is 0 Å². The number of sulfonamides is 1. The fourth-order valence-corrected chi connectivity index (χ4v) is 4.46. The first-order valence-corrected chi connectivity index (χ1v) is 10.3. The first-order chi connectivity index (χ1) is 12.4.